The fourth-order valence-electron chi connectivity index (χ4n) is 1.77. The highest BCUT2D eigenvalue weighted by atomic mass is 16.5. The van der Waals surface area contributed by atoms with Gasteiger partial charge < -0.3 is 9.84 Å². The smallest absolute Gasteiger partial charge is 0.238 e. The van der Waals surface area contributed by atoms with Gasteiger partial charge >= 0.3 is 0 Å². The van der Waals surface area contributed by atoms with Crippen LogP contribution in [-0.2, 0) is 6.42 Å². The highest BCUT2D eigenvalue weighted by Gasteiger charge is 2.16. The zero-order valence-electron chi connectivity index (χ0n) is 10.5. The van der Waals surface area contributed by atoms with Crippen molar-refractivity contribution in [3.05, 3.63) is 53.5 Å². The maximum Gasteiger partial charge on any atom is 0.238 e. The van der Waals surface area contributed by atoms with Crippen molar-refractivity contribution in [3.63, 3.8) is 0 Å². The molecule has 0 aliphatic heterocycles. The van der Waals surface area contributed by atoms with E-state index >= 15 is 0 Å². The maximum atomic E-state index is 10.2. The number of aromatic nitrogens is 2. The molecule has 2 rings (SSSR count). The lowest BCUT2D eigenvalue weighted by molar-refractivity contribution is 0.167. The van der Waals surface area contributed by atoms with Crippen LogP contribution in [-0.4, -0.2) is 22.2 Å². The number of aryl methyl sites for hydroxylation is 1. The van der Waals surface area contributed by atoms with Gasteiger partial charge in [0.05, 0.1) is 7.11 Å². The van der Waals surface area contributed by atoms with Crippen LogP contribution in [0, 0.1) is 6.92 Å². The minimum absolute atomic E-state index is 0.372. The maximum absolute atomic E-state index is 10.2. The van der Waals surface area contributed by atoms with Gasteiger partial charge in [-0.05, 0) is 12.5 Å². The molecule has 2 aromatic rings. The van der Waals surface area contributed by atoms with Crippen molar-refractivity contribution in [1.82, 2.24) is 9.97 Å². The highest BCUT2D eigenvalue weighted by Crippen LogP contribution is 2.23. The molecular formula is C14H16N2O2. The molecule has 1 heterocycles. The molecule has 18 heavy (non-hydrogen) atoms. The van der Waals surface area contributed by atoms with Gasteiger partial charge in [0.15, 0.2) is 0 Å². The minimum atomic E-state index is -0.712. The topological polar surface area (TPSA) is 55.2 Å². The van der Waals surface area contributed by atoms with E-state index in [4.69, 9.17) is 4.74 Å². The van der Waals surface area contributed by atoms with E-state index in [1.807, 2.05) is 31.2 Å². The van der Waals surface area contributed by atoms with Crippen molar-refractivity contribution in [2.24, 2.45) is 0 Å². The molecule has 0 fully saturated rings. The van der Waals surface area contributed by atoms with E-state index in [1.165, 1.54) is 12.7 Å². The van der Waals surface area contributed by atoms with Gasteiger partial charge in [-0.1, -0.05) is 29.8 Å². The molecule has 0 saturated carbocycles. The lowest BCUT2D eigenvalue weighted by Gasteiger charge is -2.12. The average molecular weight is 244 g/mol. The third kappa shape index (κ3) is 2.84. The predicted octanol–water partition coefficient (Wildman–Crippen LogP) is 2.07. The summed E-state index contributed by atoms with van der Waals surface area (Å²) in [6, 6.07) is 8.05. The van der Waals surface area contributed by atoms with Gasteiger partial charge in [-0.2, -0.15) is 0 Å². The van der Waals surface area contributed by atoms with Crippen LogP contribution in [0.4, 0.5) is 0 Å². The fourth-order valence-corrected chi connectivity index (χ4v) is 1.77. The number of hydrogen-bond donors (Lipinski definition) is 1. The van der Waals surface area contributed by atoms with Gasteiger partial charge in [0.25, 0.3) is 0 Å². The standard InChI is InChI=1S/C14H16N2O2/c1-10-3-5-11(6-4-10)9-12(17)13-14(18-2)16-8-7-15-13/h3-8,12,17H,9H2,1-2H3. The van der Waals surface area contributed by atoms with Crippen molar-refractivity contribution in [2.75, 3.05) is 7.11 Å². The Balaban J connectivity index is 2.16. The molecule has 4 heteroatoms. The zero-order valence-corrected chi connectivity index (χ0v) is 10.5. The van der Waals surface area contributed by atoms with Crippen LogP contribution in [0.5, 0.6) is 5.88 Å². The Hall–Kier alpha value is -1.94. The van der Waals surface area contributed by atoms with Crippen molar-refractivity contribution < 1.29 is 9.84 Å². The molecule has 4 nitrogen and oxygen atoms in total. The molecule has 0 bridgehead atoms. The Labute approximate surface area is 106 Å². The average Bonchev–Trinajstić information content (AvgIpc) is 2.41. The summed E-state index contributed by atoms with van der Waals surface area (Å²) in [4.78, 5) is 8.15. The number of methoxy groups -OCH3 is 1. The second-order valence-electron chi connectivity index (χ2n) is 4.16. The molecular weight excluding hydrogens is 228 g/mol. The first-order chi connectivity index (χ1) is 8.70. The zero-order chi connectivity index (χ0) is 13.0. The van der Waals surface area contributed by atoms with E-state index in [0.717, 1.165) is 5.56 Å². The van der Waals surface area contributed by atoms with Crippen LogP contribution in [0.25, 0.3) is 0 Å². The summed E-state index contributed by atoms with van der Waals surface area (Å²) in [6.07, 6.45) is 2.88. The van der Waals surface area contributed by atoms with E-state index in [2.05, 4.69) is 9.97 Å². The summed E-state index contributed by atoms with van der Waals surface area (Å²) in [5.74, 6) is 0.372. The normalized spacial score (nSPS) is 12.2. The Morgan fingerprint density at radius 1 is 1.17 bits per heavy atom. The molecule has 0 aliphatic rings. The number of ether oxygens (including phenoxy) is 1. The van der Waals surface area contributed by atoms with E-state index in [1.54, 1.807) is 12.4 Å². The van der Waals surface area contributed by atoms with Gasteiger partial charge in [-0.3, -0.25) is 4.98 Å². The highest BCUT2D eigenvalue weighted by molar-refractivity contribution is 5.25. The third-order valence-electron chi connectivity index (χ3n) is 2.75. The van der Waals surface area contributed by atoms with Crippen molar-refractivity contribution in [2.45, 2.75) is 19.4 Å². The summed E-state index contributed by atoms with van der Waals surface area (Å²) in [6.45, 7) is 2.03. The van der Waals surface area contributed by atoms with Gasteiger partial charge in [-0.15, -0.1) is 0 Å². The third-order valence-corrected chi connectivity index (χ3v) is 2.75. The van der Waals surface area contributed by atoms with Crippen molar-refractivity contribution in [1.29, 1.82) is 0 Å². The SMILES string of the molecule is COc1nccnc1C(O)Cc1ccc(C)cc1. The van der Waals surface area contributed by atoms with E-state index in [9.17, 15) is 5.11 Å². The van der Waals surface area contributed by atoms with Crippen LogP contribution >= 0.6 is 0 Å². The van der Waals surface area contributed by atoms with Crippen LogP contribution in [0.3, 0.4) is 0 Å². The quantitative estimate of drug-likeness (QED) is 0.894. The summed E-state index contributed by atoms with van der Waals surface area (Å²) in [7, 11) is 1.52. The van der Waals surface area contributed by atoms with Gasteiger partial charge in [0.1, 0.15) is 11.8 Å². The minimum Gasteiger partial charge on any atom is -0.480 e. The molecule has 0 radical (unpaired) electrons. The molecule has 1 N–H and O–H groups in total. The lowest BCUT2D eigenvalue weighted by atomic mass is 10.0. The van der Waals surface area contributed by atoms with Gasteiger partial charge in [-0.25, -0.2) is 4.98 Å². The van der Waals surface area contributed by atoms with Crippen LogP contribution in [0.15, 0.2) is 36.7 Å². The monoisotopic (exact) mass is 244 g/mol. The number of aliphatic hydroxyl groups excluding tert-OH is 1. The predicted molar refractivity (Wildman–Crippen MR) is 68.4 cm³/mol. The van der Waals surface area contributed by atoms with E-state index < -0.39 is 6.10 Å². The Bertz CT molecular complexity index is 511. The number of aliphatic hydroxyl groups is 1. The van der Waals surface area contributed by atoms with Crippen molar-refractivity contribution in [3.8, 4) is 5.88 Å². The number of nitrogens with zero attached hydrogens (tertiary/aromatic N) is 2. The first kappa shape index (κ1) is 12.5. The first-order valence-corrected chi connectivity index (χ1v) is 5.79. The van der Waals surface area contributed by atoms with Crippen LogP contribution in [0.1, 0.15) is 22.9 Å². The van der Waals surface area contributed by atoms with Crippen LogP contribution < -0.4 is 4.74 Å². The molecule has 1 aromatic carbocycles. The summed E-state index contributed by atoms with van der Waals surface area (Å²) < 4.78 is 5.09. The molecule has 0 spiro atoms. The summed E-state index contributed by atoms with van der Waals surface area (Å²) >= 11 is 0. The second kappa shape index (κ2) is 5.60. The molecule has 0 amide bonds. The Kier molecular flexibility index (Phi) is 3.89. The number of benzene rings is 1. The Morgan fingerprint density at radius 3 is 2.50 bits per heavy atom. The van der Waals surface area contributed by atoms with Gasteiger partial charge in [0.2, 0.25) is 5.88 Å². The lowest BCUT2D eigenvalue weighted by Crippen LogP contribution is -2.07. The molecule has 1 aromatic heterocycles. The summed E-state index contributed by atoms with van der Waals surface area (Å²) in [5.41, 5.74) is 2.73. The van der Waals surface area contributed by atoms with Crippen molar-refractivity contribution >= 4 is 0 Å². The second-order valence-corrected chi connectivity index (χ2v) is 4.16. The largest absolute Gasteiger partial charge is 0.480 e. The van der Waals surface area contributed by atoms with Crippen LogP contribution in [0.2, 0.25) is 0 Å². The number of rotatable bonds is 4. The molecule has 0 saturated heterocycles. The molecule has 94 valence electrons. The summed E-state index contributed by atoms with van der Waals surface area (Å²) in [5, 5.41) is 10.2. The van der Waals surface area contributed by atoms with E-state index in [-0.39, 0.29) is 0 Å². The molecule has 1 unspecified atom stereocenters. The molecule has 1 atom stereocenters. The first-order valence-electron chi connectivity index (χ1n) is 5.79. The molecule has 0 aliphatic carbocycles. The van der Waals surface area contributed by atoms with Gasteiger partial charge in [0, 0.05) is 18.8 Å². The fraction of sp³-hybridized carbons (Fsp3) is 0.286. The van der Waals surface area contributed by atoms with E-state index in [0.29, 0.717) is 18.0 Å². The number of hydrogen-bond acceptors (Lipinski definition) is 4. The Morgan fingerprint density at radius 2 is 1.83 bits per heavy atom.